The Bertz CT molecular complexity index is 552. The molecule has 27 heavy (non-hydrogen) atoms. The topological polar surface area (TPSA) is 46.5 Å². The lowest BCUT2D eigenvalue weighted by Gasteiger charge is -2.29. The highest BCUT2D eigenvalue weighted by molar-refractivity contribution is 5.69. The van der Waals surface area contributed by atoms with Gasteiger partial charge in [-0.3, -0.25) is 4.79 Å². The lowest BCUT2D eigenvalue weighted by Crippen LogP contribution is -2.25. The number of methoxy groups -OCH3 is 1. The van der Waals surface area contributed by atoms with Crippen LogP contribution in [0.3, 0.4) is 0 Å². The number of carbonyl (C=O) groups excluding carboxylic acids is 1. The van der Waals surface area contributed by atoms with Crippen LogP contribution in [0.5, 0.6) is 0 Å². The van der Waals surface area contributed by atoms with Crippen molar-refractivity contribution in [1.29, 1.82) is 0 Å². The largest absolute Gasteiger partial charge is 0.469 e. The summed E-state index contributed by atoms with van der Waals surface area (Å²) in [5, 5.41) is 11.4. The number of unbranched alkanes of at least 4 members (excludes halogenated alkanes) is 5. The first-order valence-electron chi connectivity index (χ1n) is 10.6. The van der Waals surface area contributed by atoms with Crippen molar-refractivity contribution in [2.75, 3.05) is 7.11 Å². The number of carbonyl (C=O) groups is 1. The standard InChI is InChI=1S/C24H38O3/c1-4-6-11-18-24(26,19-12-7-5-2)22-16-13-15-21(20-22)14-9-8-10-17-23(25)27-3/h9,13-16,20,26H,4-8,10-12,17-19H2,1-3H3. The zero-order valence-electron chi connectivity index (χ0n) is 17.5. The van der Waals surface area contributed by atoms with Gasteiger partial charge in [-0.1, -0.05) is 82.7 Å². The minimum Gasteiger partial charge on any atom is -0.469 e. The Morgan fingerprint density at radius 1 is 1.07 bits per heavy atom. The van der Waals surface area contributed by atoms with Crippen molar-refractivity contribution in [3.8, 4) is 0 Å². The average Bonchev–Trinajstić information content (AvgIpc) is 2.68. The smallest absolute Gasteiger partial charge is 0.305 e. The number of esters is 1. The first-order valence-corrected chi connectivity index (χ1v) is 10.6. The molecule has 0 heterocycles. The fraction of sp³-hybridized carbons (Fsp3) is 0.625. The Morgan fingerprint density at radius 2 is 1.74 bits per heavy atom. The molecule has 0 aliphatic heterocycles. The summed E-state index contributed by atoms with van der Waals surface area (Å²) in [6.45, 7) is 4.39. The van der Waals surface area contributed by atoms with Crippen molar-refractivity contribution < 1.29 is 14.6 Å². The molecule has 0 saturated heterocycles. The summed E-state index contributed by atoms with van der Waals surface area (Å²) < 4.78 is 4.66. The molecular formula is C24H38O3. The lowest BCUT2D eigenvalue weighted by atomic mass is 9.83. The van der Waals surface area contributed by atoms with Crippen molar-refractivity contribution in [1.82, 2.24) is 0 Å². The highest BCUT2D eigenvalue weighted by Crippen LogP contribution is 2.33. The molecule has 0 aliphatic carbocycles. The van der Waals surface area contributed by atoms with Gasteiger partial charge in [0, 0.05) is 6.42 Å². The van der Waals surface area contributed by atoms with Crippen LogP contribution < -0.4 is 0 Å². The van der Waals surface area contributed by atoms with Gasteiger partial charge >= 0.3 is 5.97 Å². The van der Waals surface area contributed by atoms with E-state index in [1.807, 2.05) is 6.07 Å². The maximum absolute atomic E-state index is 11.4. The summed E-state index contributed by atoms with van der Waals surface area (Å²) in [5.74, 6) is -0.158. The molecule has 0 aliphatic rings. The van der Waals surface area contributed by atoms with E-state index < -0.39 is 5.60 Å². The van der Waals surface area contributed by atoms with Gasteiger partial charge in [0.15, 0.2) is 0 Å². The quantitative estimate of drug-likeness (QED) is 0.303. The Balaban J connectivity index is 2.75. The molecular weight excluding hydrogens is 336 g/mol. The van der Waals surface area contributed by atoms with Gasteiger partial charge in [-0.05, 0) is 42.9 Å². The SMILES string of the molecule is CCCCCC(O)(CCCCC)c1cccc(C=CCCCC(=O)OC)c1. The van der Waals surface area contributed by atoms with E-state index in [2.05, 4.69) is 48.9 Å². The third-order valence-electron chi connectivity index (χ3n) is 5.10. The van der Waals surface area contributed by atoms with Gasteiger partial charge in [0.2, 0.25) is 0 Å². The molecule has 0 atom stereocenters. The van der Waals surface area contributed by atoms with Crippen LogP contribution >= 0.6 is 0 Å². The molecule has 3 heteroatoms. The second-order valence-corrected chi connectivity index (χ2v) is 7.44. The Kier molecular flexibility index (Phi) is 11.8. The summed E-state index contributed by atoms with van der Waals surface area (Å²) in [7, 11) is 1.42. The highest BCUT2D eigenvalue weighted by atomic mass is 16.5. The van der Waals surface area contributed by atoms with Crippen LogP contribution in [0.2, 0.25) is 0 Å². The van der Waals surface area contributed by atoms with Crippen LogP contribution in [0.15, 0.2) is 30.3 Å². The minimum atomic E-state index is -0.723. The van der Waals surface area contributed by atoms with Gasteiger partial charge in [0.05, 0.1) is 12.7 Å². The number of ether oxygens (including phenoxy) is 1. The number of hydrogen-bond acceptors (Lipinski definition) is 3. The van der Waals surface area contributed by atoms with Crippen LogP contribution in [-0.2, 0) is 15.1 Å². The number of aliphatic hydroxyl groups is 1. The van der Waals surface area contributed by atoms with Gasteiger partial charge in [0.25, 0.3) is 0 Å². The molecule has 3 nitrogen and oxygen atoms in total. The van der Waals surface area contributed by atoms with E-state index in [4.69, 9.17) is 0 Å². The van der Waals surface area contributed by atoms with Crippen molar-refractivity contribution >= 4 is 12.0 Å². The molecule has 0 radical (unpaired) electrons. The van der Waals surface area contributed by atoms with Crippen LogP contribution in [0.25, 0.3) is 6.08 Å². The van der Waals surface area contributed by atoms with Crippen LogP contribution in [0.1, 0.15) is 95.6 Å². The molecule has 0 unspecified atom stereocenters. The molecule has 1 aromatic carbocycles. The molecule has 1 rings (SSSR count). The molecule has 0 aromatic heterocycles. The summed E-state index contributed by atoms with van der Waals surface area (Å²) in [4.78, 5) is 11.1. The predicted molar refractivity (Wildman–Crippen MR) is 114 cm³/mol. The van der Waals surface area contributed by atoms with Gasteiger partial charge in [-0.25, -0.2) is 0 Å². The van der Waals surface area contributed by atoms with Gasteiger partial charge < -0.3 is 9.84 Å². The number of hydrogen-bond donors (Lipinski definition) is 1. The molecule has 0 amide bonds. The molecule has 152 valence electrons. The van der Waals surface area contributed by atoms with Gasteiger partial charge in [-0.15, -0.1) is 0 Å². The summed E-state index contributed by atoms with van der Waals surface area (Å²) >= 11 is 0. The van der Waals surface area contributed by atoms with Crippen molar-refractivity contribution in [3.05, 3.63) is 41.5 Å². The average molecular weight is 375 g/mol. The Labute approximate surface area is 165 Å². The second-order valence-electron chi connectivity index (χ2n) is 7.44. The summed E-state index contributed by atoms with van der Waals surface area (Å²) in [6.07, 6.45) is 14.7. The lowest BCUT2D eigenvalue weighted by molar-refractivity contribution is -0.140. The monoisotopic (exact) mass is 374 g/mol. The normalized spacial score (nSPS) is 11.9. The second kappa shape index (κ2) is 13.5. The van der Waals surface area contributed by atoms with E-state index in [-0.39, 0.29) is 5.97 Å². The first kappa shape index (κ1) is 23.4. The summed E-state index contributed by atoms with van der Waals surface area (Å²) in [5.41, 5.74) is 1.42. The van der Waals surface area contributed by atoms with Crippen molar-refractivity contribution in [2.24, 2.45) is 0 Å². The molecule has 0 saturated carbocycles. The van der Waals surface area contributed by atoms with E-state index in [0.717, 1.165) is 62.5 Å². The highest BCUT2D eigenvalue weighted by Gasteiger charge is 2.28. The van der Waals surface area contributed by atoms with Gasteiger partial charge in [0.1, 0.15) is 0 Å². The zero-order valence-corrected chi connectivity index (χ0v) is 17.5. The molecule has 0 bridgehead atoms. The zero-order chi connectivity index (χ0) is 20.0. The van der Waals surface area contributed by atoms with E-state index in [0.29, 0.717) is 6.42 Å². The Hall–Kier alpha value is -1.61. The minimum absolute atomic E-state index is 0.158. The predicted octanol–water partition coefficient (Wildman–Crippen LogP) is 6.39. The van der Waals surface area contributed by atoms with E-state index in [1.165, 1.54) is 20.0 Å². The maximum atomic E-state index is 11.4. The fourth-order valence-electron chi connectivity index (χ4n) is 3.37. The number of allylic oxidation sites excluding steroid dienone is 1. The van der Waals surface area contributed by atoms with Crippen molar-refractivity contribution in [3.63, 3.8) is 0 Å². The summed E-state index contributed by atoms with van der Waals surface area (Å²) in [6, 6.07) is 8.29. The van der Waals surface area contributed by atoms with E-state index in [1.54, 1.807) is 0 Å². The third-order valence-corrected chi connectivity index (χ3v) is 5.10. The molecule has 1 N–H and O–H groups in total. The Morgan fingerprint density at radius 3 is 2.33 bits per heavy atom. The third kappa shape index (κ3) is 9.23. The first-order chi connectivity index (χ1) is 13.1. The molecule has 0 spiro atoms. The molecule has 0 fully saturated rings. The number of benzene rings is 1. The molecule has 1 aromatic rings. The van der Waals surface area contributed by atoms with Crippen molar-refractivity contribution in [2.45, 2.75) is 90.1 Å². The number of rotatable bonds is 14. The van der Waals surface area contributed by atoms with E-state index in [9.17, 15) is 9.90 Å². The fourth-order valence-corrected chi connectivity index (χ4v) is 3.37. The van der Waals surface area contributed by atoms with Crippen LogP contribution in [-0.4, -0.2) is 18.2 Å². The van der Waals surface area contributed by atoms with Crippen LogP contribution in [0, 0.1) is 0 Å². The van der Waals surface area contributed by atoms with Crippen LogP contribution in [0.4, 0.5) is 0 Å². The maximum Gasteiger partial charge on any atom is 0.305 e. The van der Waals surface area contributed by atoms with E-state index >= 15 is 0 Å². The van der Waals surface area contributed by atoms with Gasteiger partial charge in [-0.2, -0.15) is 0 Å².